The summed E-state index contributed by atoms with van der Waals surface area (Å²) in [5.74, 6) is 0.450. The van der Waals surface area contributed by atoms with Crippen molar-refractivity contribution in [2.24, 2.45) is 17.6 Å². The smallest absolute Gasteiger partial charge is 0.273 e. The van der Waals surface area contributed by atoms with Crippen molar-refractivity contribution in [3.63, 3.8) is 0 Å². The highest BCUT2D eigenvalue weighted by molar-refractivity contribution is 5.92. The van der Waals surface area contributed by atoms with Gasteiger partial charge >= 0.3 is 0 Å². The molecule has 3 N–H and O–H groups in total. The second-order valence-corrected chi connectivity index (χ2v) is 7.56. The molecule has 0 unspecified atom stereocenters. The molecular weight excluding hydrogens is 322 g/mol. The summed E-state index contributed by atoms with van der Waals surface area (Å²) in [4.78, 5) is 12.6. The molecule has 3 aliphatic rings. The standard InChI is InChI=1S/C17H27N5O3/c1-24-9-13-15(12-6-7-25-16(12)13)19-17(23)14-8-22(21-20-14)11-4-2-10(18)3-5-11/h8,10-13,15-16H,2-7,9,18H2,1H3,(H,19,23)/t10?,11?,12-,13+,15+,16-/m1/s1. The van der Waals surface area contributed by atoms with Gasteiger partial charge in [0.2, 0.25) is 0 Å². The molecule has 2 heterocycles. The van der Waals surface area contributed by atoms with Crippen LogP contribution in [0.25, 0.3) is 0 Å². The molecule has 138 valence electrons. The normalized spacial score (nSPS) is 37.4. The molecule has 4 atom stereocenters. The van der Waals surface area contributed by atoms with E-state index in [-0.39, 0.29) is 24.0 Å². The molecular formula is C17H27N5O3. The number of aromatic nitrogens is 3. The van der Waals surface area contributed by atoms with Crippen molar-refractivity contribution in [1.82, 2.24) is 20.3 Å². The molecule has 0 bridgehead atoms. The molecule has 1 amide bonds. The van der Waals surface area contributed by atoms with Crippen LogP contribution in [-0.2, 0) is 9.47 Å². The van der Waals surface area contributed by atoms with Gasteiger partial charge in [-0.15, -0.1) is 5.10 Å². The first-order valence-corrected chi connectivity index (χ1v) is 9.26. The number of ether oxygens (including phenoxy) is 2. The molecule has 4 rings (SSSR count). The van der Waals surface area contributed by atoms with Crippen molar-refractivity contribution in [2.75, 3.05) is 20.3 Å². The van der Waals surface area contributed by atoms with Crippen LogP contribution < -0.4 is 11.1 Å². The van der Waals surface area contributed by atoms with Crippen LogP contribution in [0.15, 0.2) is 6.20 Å². The highest BCUT2D eigenvalue weighted by Gasteiger charge is 2.54. The Morgan fingerprint density at radius 2 is 2.20 bits per heavy atom. The first kappa shape index (κ1) is 16.9. The van der Waals surface area contributed by atoms with Crippen LogP contribution in [0, 0.1) is 11.8 Å². The highest BCUT2D eigenvalue weighted by Crippen LogP contribution is 2.43. The minimum Gasteiger partial charge on any atom is -0.384 e. The number of nitrogens with two attached hydrogens (primary N) is 1. The molecule has 1 aromatic heterocycles. The third kappa shape index (κ3) is 3.18. The van der Waals surface area contributed by atoms with E-state index in [1.54, 1.807) is 13.3 Å². The Kier molecular flexibility index (Phi) is 4.75. The molecule has 0 radical (unpaired) electrons. The van der Waals surface area contributed by atoms with Gasteiger partial charge in [-0.25, -0.2) is 4.68 Å². The number of fused-ring (bicyclic) bond motifs is 1. The van der Waals surface area contributed by atoms with Gasteiger partial charge in [0.05, 0.1) is 24.9 Å². The molecule has 25 heavy (non-hydrogen) atoms. The number of carbonyl (C=O) groups is 1. The minimum atomic E-state index is -0.157. The molecule has 8 heteroatoms. The van der Waals surface area contributed by atoms with E-state index in [1.165, 1.54) is 0 Å². The summed E-state index contributed by atoms with van der Waals surface area (Å²) in [7, 11) is 1.68. The quantitative estimate of drug-likeness (QED) is 0.802. The number of hydrogen-bond acceptors (Lipinski definition) is 6. The van der Waals surface area contributed by atoms with Crippen molar-refractivity contribution < 1.29 is 14.3 Å². The Hall–Kier alpha value is -1.51. The number of carbonyl (C=O) groups excluding carboxylic acids is 1. The van der Waals surface area contributed by atoms with Crippen LogP contribution in [0.3, 0.4) is 0 Å². The van der Waals surface area contributed by atoms with Gasteiger partial charge in [-0.2, -0.15) is 0 Å². The fourth-order valence-electron chi connectivity index (χ4n) is 4.59. The summed E-state index contributed by atoms with van der Waals surface area (Å²) >= 11 is 0. The second kappa shape index (κ2) is 7.01. The predicted molar refractivity (Wildman–Crippen MR) is 90.0 cm³/mol. The fourth-order valence-corrected chi connectivity index (χ4v) is 4.59. The topological polar surface area (TPSA) is 104 Å². The maximum atomic E-state index is 12.6. The van der Waals surface area contributed by atoms with Crippen molar-refractivity contribution >= 4 is 5.91 Å². The molecule has 1 saturated heterocycles. The Bertz CT molecular complexity index is 613. The lowest BCUT2D eigenvalue weighted by Gasteiger charge is -2.47. The van der Waals surface area contributed by atoms with Crippen LogP contribution in [-0.4, -0.2) is 59.4 Å². The summed E-state index contributed by atoms with van der Waals surface area (Å²) in [6, 6.07) is 0.685. The third-order valence-corrected chi connectivity index (χ3v) is 6.04. The van der Waals surface area contributed by atoms with Crippen LogP contribution in [0.2, 0.25) is 0 Å². The lowest BCUT2D eigenvalue weighted by Crippen LogP contribution is -2.62. The fraction of sp³-hybridized carbons (Fsp3) is 0.824. The van der Waals surface area contributed by atoms with E-state index in [2.05, 4.69) is 15.6 Å². The maximum Gasteiger partial charge on any atom is 0.273 e. The first-order chi connectivity index (χ1) is 12.2. The molecule has 3 fully saturated rings. The minimum absolute atomic E-state index is 0.0952. The van der Waals surface area contributed by atoms with Gasteiger partial charge in [-0.3, -0.25) is 4.79 Å². The van der Waals surface area contributed by atoms with Crippen molar-refractivity contribution in [1.29, 1.82) is 0 Å². The van der Waals surface area contributed by atoms with E-state index in [0.717, 1.165) is 38.7 Å². The lowest BCUT2D eigenvalue weighted by atomic mass is 9.67. The number of hydrogen-bond donors (Lipinski definition) is 2. The molecule has 0 spiro atoms. The lowest BCUT2D eigenvalue weighted by molar-refractivity contribution is -0.0810. The van der Waals surface area contributed by atoms with Crippen LogP contribution in [0.1, 0.15) is 48.6 Å². The van der Waals surface area contributed by atoms with Crippen LogP contribution >= 0.6 is 0 Å². The van der Waals surface area contributed by atoms with Gasteiger partial charge in [-0.1, -0.05) is 5.21 Å². The average molecular weight is 349 g/mol. The van der Waals surface area contributed by atoms with E-state index in [0.29, 0.717) is 30.3 Å². The summed E-state index contributed by atoms with van der Waals surface area (Å²) < 4.78 is 12.9. The number of nitrogens with zero attached hydrogens (tertiary/aromatic N) is 3. The second-order valence-electron chi connectivity index (χ2n) is 7.56. The van der Waals surface area contributed by atoms with Crippen LogP contribution in [0.4, 0.5) is 0 Å². The molecule has 1 aromatic rings. The van der Waals surface area contributed by atoms with Gasteiger partial charge in [0.1, 0.15) is 0 Å². The zero-order valence-corrected chi connectivity index (χ0v) is 14.6. The maximum absolute atomic E-state index is 12.6. The molecule has 0 aromatic carbocycles. The van der Waals surface area contributed by atoms with Gasteiger partial charge < -0.3 is 20.5 Å². The predicted octanol–water partition coefficient (Wildman–Crippen LogP) is 0.500. The Morgan fingerprint density at radius 3 is 2.96 bits per heavy atom. The van der Waals surface area contributed by atoms with E-state index >= 15 is 0 Å². The van der Waals surface area contributed by atoms with E-state index in [1.807, 2.05) is 4.68 Å². The van der Waals surface area contributed by atoms with Gasteiger partial charge in [0.15, 0.2) is 5.69 Å². The van der Waals surface area contributed by atoms with E-state index < -0.39 is 0 Å². The molecule has 2 saturated carbocycles. The average Bonchev–Trinajstić information content (AvgIpc) is 3.26. The summed E-state index contributed by atoms with van der Waals surface area (Å²) in [6.45, 7) is 1.36. The highest BCUT2D eigenvalue weighted by atomic mass is 16.5. The number of amides is 1. The molecule has 2 aliphatic carbocycles. The Labute approximate surface area is 147 Å². The number of nitrogens with one attached hydrogen (secondary N) is 1. The molecule has 8 nitrogen and oxygen atoms in total. The monoisotopic (exact) mass is 349 g/mol. The van der Waals surface area contributed by atoms with Crippen LogP contribution in [0.5, 0.6) is 0 Å². The van der Waals surface area contributed by atoms with E-state index in [4.69, 9.17) is 15.2 Å². The van der Waals surface area contributed by atoms with Crippen molar-refractivity contribution in [3.05, 3.63) is 11.9 Å². The number of methoxy groups -OCH3 is 1. The first-order valence-electron chi connectivity index (χ1n) is 9.26. The van der Waals surface area contributed by atoms with E-state index in [9.17, 15) is 4.79 Å². The third-order valence-electron chi connectivity index (χ3n) is 6.04. The van der Waals surface area contributed by atoms with Gasteiger partial charge in [-0.05, 0) is 32.1 Å². The number of rotatable bonds is 5. The summed E-state index contributed by atoms with van der Waals surface area (Å²) in [6.07, 6.45) is 6.95. The van der Waals surface area contributed by atoms with Crippen molar-refractivity contribution in [2.45, 2.75) is 56.3 Å². The SMILES string of the molecule is COC[C@H]1[C@@H](NC(=O)c2cn(C3CCC(N)CC3)nn2)[C@H]2CCO[C@H]21. The van der Waals surface area contributed by atoms with Gasteiger partial charge in [0, 0.05) is 37.6 Å². The zero-order chi connectivity index (χ0) is 17.4. The Morgan fingerprint density at radius 1 is 1.40 bits per heavy atom. The largest absolute Gasteiger partial charge is 0.384 e. The molecule has 1 aliphatic heterocycles. The summed E-state index contributed by atoms with van der Waals surface area (Å²) in [5.41, 5.74) is 6.34. The Balaban J connectivity index is 1.38. The van der Waals surface area contributed by atoms with Gasteiger partial charge in [0.25, 0.3) is 5.91 Å². The summed E-state index contributed by atoms with van der Waals surface area (Å²) in [5, 5.41) is 11.4. The zero-order valence-electron chi connectivity index (χ0n) is 14.6. The van der Waals surface area contributed by atoms with Crippen molar-refractivity contribution in [3.8, 4) is 0 Å².